The van der Waals surface area contributed by atoms with Crippen LogP contribution in [-0.4, -0.2) is 14.8 Å². The van der Waals surface area contributed by atoms with Crippen LogP contribution in [0.25, 0.3) is 22.2 Å². The minimum absolute atomic E-state index is 0.0698. The van der Waals surface area contributed by atoms with E-state index in [-0.39, 0.29) is 5.41 Å². The topological polar surface area (TPSA) is 30.7 Å². The Bertz CT molecular complexity index is 1020. The molecular formula is C23H25N3. The molecule has 26 heavy (non-hydrogen) atoms. The Balaban J connectivity index is 1.82. The summed E-state index contributed by atoms with van der Waals surface area (Å²) < 4.78 is 2.06. The number of fused-ring (bicyclic) bond motifs is 1. The molecule has 1 unspecified atom stereocenters. The van der Waals surface area contributed by atoms with Gasteiger partial charge in [-0.05, 0) is 60.7 Å². The Morgan fingerprint density at radius 1 is 1.15 bits per heavy atom. The second-order valence-corrected chi connectivity index (χ2v) is 7.78. The highest BCUT2D eigenvalue weighted by Gasteiger charge is 2.35. The van der Waals surface area contributed by atoms with Crippen LogP contribution >= 0.6 is 0 Å². The zero-order valence-corrected chi connectivity index (χ0v) is 15.9. The minimum Gasteiger partial charge on any atom is -0.256 e. The molecule has 0 spiro atoms. The van der Waals surface area contributed by atoms with Crippen molar-refractivity contribution < 1.29 is 0 Å². The van der Waals surface area contributed by atoms with Gasteiger partial charge in [0.25, 0.3) is 0 Å². The molecule has 0 radical (unpaired) electrons. The van der Waals surface area contributed by atoms with Gasteiger partial charge in [-0.25, -0.2) is 4.68 Å². The first-order valence-corrected chi connectivity index (χ1v) is 9.27. The SMILES string of the molecule is Cc1ccn(C2=CC(c3ccc4ncccc4c3)=CCC2(C)C(C)C)n1. The molecule has 0 bridgehead atoms. The number of aryl methyl sites for hydroxylation is 1. The van der Waals surface area contributed by atoms with Crippen LogP contribution in [0.1, 0.15) is 38.4 Å². The zero-order valence-electron chi connectivity index (χ0n) is 15.9. The van der Waals surface area contributed by atoms with E-state index in [1.54, 1.807) is 0 Å². The largest absolute Gasteiger partial charge is 0.256 e. The number of pyridine rings is 1. The van der Waals surface area contributed by atoms with Crippen molar-refractivity contribution in [1.29, 1.82) is 0 Å². The predicted molar refractivity (Wildman–Crippen MR) is 109 cm³/mol. The number of rotatable bonds is 3. The third-order valence-corrected chi connectivity index (χ3v) is 5.80. The number of allylic oxidation sites excluding steroid dienone is 4. The van der Waals surface area contributed by atoms with Gasteiger partial charge >= 0.3 is 0 Å². The lowest BCUT2D eigenvalue weighted by atomic mass is 9.70. The molecule has 0 saturated carbocycles. The van der Waals surface area contributed by atoms with Crippen molar-refractivity contribution in [3.63, 3.8) is 0 Å². The van der Waals surface area contributed by atoms with Crippen LogP contribution in [0.15, 0.2) is 60.9 Å². The molecule has 0 fully saturated rings. The van der Waals surface area contributed by atoms with Crippen molar-refractivity contribution in [2.75, 3.05) is 0 Å². The third-order valence-electron chi connectivity index (χ3n) is 5.80. The quantitative estimate of drug-likeness (QED) is 0.608. The highest BCUT2D eigenvalue weighted by molar-refractivity contribution is 5.88. The van der Waals surface area contributed by atoms with Crippen LogP contribution in [-0.2, 0) is 0 Å². The summed E-state index contributed by atoms with van der Waals surface area (Å²) in [5.41, 5.74) is 5.91. The van der Waals surface area contributed by atoms with Crippen molar-refractivity contribution in [2.24, 2.45) is 11.3 Å². The fourth-order valence-corrected chi connectivity index (χ4v) is 3.66. The van der Waals surface area contributed by atoms with E-state index >= 15 is 0 Å². The maximum atomic E-state index is 4.70. The van der Waals surface area contributed by atoms with E-state index in [2.05, 4.69) is 79.1 Å². The average molecular weight is 343 g/mol. The molecule has 0 amide bonds. The molecule has 3 nitrogen and oxygen atoms in total. The molecule has 3 aromatic rings. The van der Waals surface area contributed by atoms with Gasteiger partial charge in [0.05, 0.1) is 11.2 Å². The van der Waals surface area contributed by atoms with Crippen LogP contribution < -0.4 is 0 Å². The molecule has 4 rings (SSSR count). The summed E-state index contributed by atoms with van der Waals surface area (Å²) in [5, 5.41) is 5.88. The van der Waals surface area contributed by atoms with E-state index in [9.17, 15) is 0 Å². The molecule has 2 heterocycles. The molecule has 1 atom stereocenters. The second-order valence-electron chi connectivity index (χ2n) is 7.78. The van der Waals surface area contributed by atoms with Gasteiger partial charge in [0, 0.05) is 28.9 Å². The molecular weight excluding hydrogens is 318 g/mol. The maximum Gasteiger partial charge on any atom is 0.0702 e. The van der Waals surface area contributed by atoms with Crippen LogP contribution in [0, 0.1) is 18.3 Å². The van der Waals surface area contributed by atoms with E-state index in [1.165, 1.54) is 22.2 Å². The molecule has 0 saturated heterocycles. The summed E-state index contributed by atoms with van der Waals surface area (Å²) in [5.74, 6) is 0.525. The first-order chi connectivity index (χ1) is 12.5. The highest BCUT2D eigenvalue weighted by Crippen LogP contribution is 2.46. The zero-order chi connectivity index (χ0) is 18.3. The second kappa shape index (κ2) is 6.24. The molecule has 0 aliphatic heterocycles. The van der Waals surface area contributed by atoms with Gasteiger partial charge in [-0.3, -0.25) is 4.98 Å². The van der Waals surface area contributed by atoms with Crippen molar-refractivity contribution in [1.82, 2.24) is 14.8 Å². The van der Waals surface area contributed by atoms with Gasteiger partial charge in [-0.1, -0.05) is 39.0 Å². The number of aromatic nitrogens is 3. The number of benzene rings is 1. The highest BCUT2D eigenvalue weighted by atomic mass is 15.3. The van der Waals surface area contributed by atoms with E-state index < -0.39 is 0 Å². The molecule has 3 heteroatoms. The number of hydrogen-bond acceptors (Lipinski definition) is 2. The predicted octanol–water partition coefficient (Wildman–Crippen LogP) is 5.73. The van der Waals surface area contributed by atoms with Crippen LogP contribution in [0.5, 0.6) is 0 Å². The summed E-state index contributed by atoms with van der Waals surface area (Å²) >= 11 is 0. The Hall–Kier alpha value is -2.68. The van der Waals surface area contributed by atoms with E-state index in [0.717, 1.165) is 17.6 Å². The van der Waals surface area contributed by atoms with Gasteiger partial charge in [0.1, 0.15) is 0 Å². The van der Waals surface area contributed by atoms with E-state index in [4.69, 9.17) is 5.10 Å². The lowest BCUT2D eigenvalue weighted by Crippen LogP contribution is -2.29. The fraction of sp³-hybridized carbons (Fsp3) is 0.304. The maximum absolute atomic E-state index is 4.70. The van der Waals surface area contributed by atoms with Gasteiger partial charge in [0.15, 0.2) is 0 Å². The van der Waals surface area contributed by atoms with E-state index in [1.807, 2.05) is 19.2 Å². The first kappa shape index (κ1) is 16.8. The lowest BCUT2D eigenvalue weighted by Gasteiger charge is -2.38. The number of nitrogens with zero attached hydrogens (tertiary/aromatic N) is 3. The molecule has 1 aliphatic carbocycles. The van der Waals surface area contributed by atoms with Crippen LogP contribution in [0.3, 0.4) is 0 Å². The summed E-state index contributed by atoms with van der Waals surface area (Å²) in [6, 6.07) is 12.7. The molecule has 1 aromatic carbocycles. The molecule has 2 aromatic heterocycles. The van der Waals surface area contributed by atoms with Crippen LogP contribution in [0.4, 0.5) is 0 Å². The molecule has 1 aliphatic rings. The first-order valence-electron chi connectivity index (χ1n) is 9.27. The fourth-order valence-electron chi connectivity index (χ4n) is 3.66. The summed E-state index contributed by atoms with van der Waals surface area (Å²) in [6.07, 6.45) is 9.61. The lowest BCUT2D eigenvalue weighted by molar-refractivity contribution is 0.300. The van der Waals surface area contributed by atoms with Crippen molar-refractivity contribution in [2.45, 2.75) is 34.1 Å². The molecule has 132 valence electrons. The van der Waals surface area contributed by atoms with Crippen molar-refractivity contribution >= 4 is 22.2 Å². The number of hydrogen-bond donors (Lipinski definition) is 0. The van der Waals surface area contributed by atoms with Gasteiger partial charge in [-0.15, -0.1) is 0 Å². The standard InChI is InChI=1S/C23H25N3/c1-16(2)23(4)11-9-19(15-22(23)26-13-10-17(3)25-26)18-7-8-21-20(14-18)6-5-12-24-21/h5-10,12-16H,11H2,1-4H3. The van der Waals surface area contributed by atoms with Crippen LogP contribution in [0.2, 0.25) is 0 Å². The van der Waals surface area contributed by atoms with Crippen molar-refractivity contribution in [3.8, 4) is 0 Å². The van der Waals surface area contributed by atoms with Gasteiger partial charge in [0.2, 0.25) is 0 Å². The smallest absolute Gasteiger partial charge is 0.0702 e. The Morgan fingerprint density at radius 2 is 2.00 bits per heavy atom. The average Bonchev–Trinajstić information content (AvgIpc) is 3.07. The Labute approximate surface area is 155 Å². The normalized spacial score (nSPS) is 20.3. The molecule has 0 N–H and O–H groups in total. The van der Waals surface area contributed by atoms with Gasteiger partial charge in [-0.2, -0.15) is 5.10 Å². The summed E-state index contributed by atoms with van der Waals surface area (Å²) in [6.45, 7) is 8.98. The van der Waals surface area contributed by atoms with Crippen molar-refractivity contribution in [3.05, 3.63) is 72.2 Å². The minimum atomic E-state index is 0.0698. The Morgan fingerprint density at radius 3 is 2.73 bits per heavy atom. The summed E-state index contributed by atoms with van der Waals surface area (Å²) in [4.78, 5) is 4.43. The monoisotopic (exact) mass is 343 g/mol. The van der Waals surface area contributed by atoms with Gasteiger partial charge < -0.3 is 0 Å². The summed E-state index contributed by atoms with van der Waals surface area (Å²) in [7, 11) is 0. The Kier molecular flexibility index (Phi) is 4.03. The third kappa shape index (κ3) is 2.78. The van der Waals surface area contributed by atoms with E-state index in [0.29, 0.717) is 5.92 Å².